The predicted octanol–water partition coefficient (Wildman–Crippen LogP) is 2.23. The van der Waals surface area contributed by atoms with Crippen LogP contribution < -0.4 is 9.47 Å². The number of morpholine rings is 1. The number of benzene rings is 2. The van der Waals surface area contributed by atoms with E-state index in [1.54, 1.807) is 12.1 Å². The van der Waals surface area contributed by atoms with E-state index in [0.29, 0.717) is 37.7 Å². The quantitative estimate of drug-likeness (QED) is 0.350. The van der Waals surface area contributed by atoms with E-state index >= 15 is 0 Å². The molecule has 34 heavy (non-hydrogen) atoms. The zero-order valence-electron chi connectivity index (χ0n) is 18.6. The molecule has 3 aliphatic heterocycles. The minimum absolute atomic E-state index is 0.0442. The molecule has 0 radical (unpaired) electrons. The van der Waals surface area contributed by atoms with Crippen LogP contribution in [0.25, 0.3) is 0 Å². The number of ether oxygens (including phenoxy) is 3. The van der Waals surface area contributed by atoms with Gasteiger partial charge in [0.1, 0.15) is 11.7 Å². The van der Waals surface area contributed by atoms with E-state index < -0.39 is 35.3 Å². The predicted molar refractivity (Wildman–Crippen MR) is 118 cm³/mol. The molecule has 8 nitrogen and oxygen atoms in total. The Kier molecular flexibility index (Phi) is 6.30. The average Bonchev–Trinajstić information content (AvgIpc) is 3.42. The summed E-state index contributed by atoms with van der Waals surface area (Å²) in [6, 6.07) is 9.60. The molecule has 178 valence electrons. The van der Waals surface area contributed by atoms with Gasteiger partial charge < -0.3 is 19.1 Å². The van der Waals surface area contributed by atoms with Gasteiger partial charge in [-0.15, -0.1) is 0 Å². The lowest BCUT2D eigenvalue weighted by molar-refractivity contribution is -0.140. The molecule has 0 spiro atoms. The Morgan fingerprint density at radius 3 is 2.56 bits per heavy atom. The summed E-state index contributed by atoms with van der Waals surface area (Å²) in [4.78, 5) is 43.2. The molecule has 2 saturated heterocycles. The third-order valence-electron chi connectivity index (χ3n) is 6.55. The highest BCUT2D eigenvalue weighted by molar-refractivity contribution is 6.44. The zero-order valence-corrected chi connectivity index (χ0v) is 18.6. The number of fused-ring (bicyclic) bond motifs is 1. The third kappa shape index (κ3) is 4.17. The Balaban J connectivity index is 1.43. The minimum atomic E-state index is -1.34. The lowest BCUT2D eigenvalue weighted by atomic mass is 9.86. The highest BCUT2D eigenvalue weighted by Crippen LogP contribution is 2.40. The van der Waals surface area contributed by atoms with Crippen LogP contribution in [0.1, 0.15) is 28.4 Å². The number of carbonyl (C=O) groups excluding carboxylic acids is 3. The molecule has 0 aromatic heterocycles. The molecule has 3 aliphatic rings. The van der Waals surface area contributed by atoms with Gasteiger partial charge >= 0.3 is 0 Å². The van der Waals surface area contributed by atoms with Gasteiger partial charge in [-0.2, -0.15) is 0 Å². The van der Waals surface area contributed by atoms with E-state index in [9.17, 15) is 18.8 Å². The van der Waals surface area contributed by atoms with Crippen LogP contribution in [0.2, 0.25) is 0 Å². The van der Waals surface area contributed by atoms with Crippen molar-refractivity contribution in [3.8, 4) is 11.5 Å². The van der Waals surface area contributed by atoms with E-state index in [0.717, 1.165) is 13.1 Å². The Bertz CT molecular complexity index is 1120. The van der Waals surface area contributed by atoms with Crippen LogP contribution in [0.3, 0.4) is 0 Å². The molecule has 5 rings (SSSR count). The van der Waals surface area contributed by atoms with Crippen LogP contribution in [0.4, 0.5) is 4.39 Å². The van der Waals surface area contributed by atoms with E-state index in [-0.39, 0.29) is 24.5 Å². The first kappa shape index (κ1) is 22.5. The summed E-state index contributed by atoms with van der Waals surface area (Å²) in [5, 5.41) is 0. The molecular weight excluding hydrogens is 443 g/mol. The fourth-order valence-electron chi connectivity index (χ4n) is 4.81. The lowest BCUT2D eigenvalue weighted by Gasteiger charge is -2.30. The Morgan fingerprint density at radius 1 is 1.00 bits per heavy atom. The summed E-state index contributed by atoms with van der Waals surface area (Å²) >= 11 is 0. The molecule has 2 atom stereocenters. The second kappa shape index (κ2) is 9.52. The van der Waals surface area contributed by atoms with Crippen molar-refractivity contribution in [1.29, 1.82) is 0 Å². The Morgan fingerprint density at radius 2 is 1.76 bits per heavy atom. The molecule has 3 heterocycles. The monoisotopic (exact) mass is 468 g/mol. The highest BCUT2D eigenvalue weighted by atomic mass is 19.1. The van der Waals surface area contributed by atoms with E-state index in [1.165, 1.54) is 35.2 Å². The summed E-state index contributed by atoms with van der Waals surface area (Å²) in [6.07, 6.45) is 0.592. The summed E-state index contributed by atoms with van der Waals surface area (Å²) in [6.45, 7) is 3.92. The van der Waals surface area contributed by atoms with Crippen molar-refractivity contribution in [1.82, 2.24) is 9.80 Å². The molecule has 0 saturated carbocycles. The summed E-state index contributed by atoms with van der Waals surface area (Å²) in [7, 11) is 0. The second-order valence-electron chi connectivity index (χ2n) is 8.55. The van der Waals surface area contributed by atoms with Crippen molar-refractivity contribution in [3.63, 3.8) is 0 Å². The van der Waals surface area contributed by atoms with E-state index in [4.69, 9.17) is 14.2 Å². The van der Waals surface area contributed by atoms with Gasteiger partial charge in [-0.1, -0.05) is 18.2 Å². The van der Waals surface area contributed by atoms with Crippen molar-refractivity contribution >= 4 is 17.5 Å². The topological polar surface area (TPSA) is 85.4 Å². The average molecular weight is 468 g/mol. The molecule has 2 aromatic rings. The van der Waals surface area contributed by atoms with Gasteiger partial charge in [0.25, 0.3) is 5.91 Å². The summed E-state index contributed by atoms with van der Waals surface area (Å²) in [5.74, 6) is -3.12. The molecule has 2 aromatic carbocycles. The van der Waals surface area contributed by atoms with E-state index in [1.807, 2.05) is 0 Å². The smallest absolute Gasteiger partial charge is 0.291 e. The van der Waals surface area contributed by atoms with Crippen molar-refractivity contribution in [2.45, 2.75) is 12.5 Å². The minimum Gasteiger partial charge on any atom is -0.454 e. The van der Waals surface area contributed by atoms with Gasteiger partial charge in [-0.25, -0.2) is 4.39 Å². The van der Waals surface area contributed by atoms with Crippen LogP contribution in [0.15, 0.2) is 42.5 Å². The first-order chi connectivity index (χ1) is 16.5. The number of ketones is 2. The molecule has 0 bridgehead atoms. The van der Waals surface area contributed by atoms with Crippen LogP contribution in [-0.2, 0) is 14.3 Å². The van der Waals surface area contributed by atoms with Crippen molar-refractivity contribution in [2.75, 3.05) is 46.2 Å². The first-order valence-corrected chi connectivity index (χ1v) is 11.4. The fourth-order valence-corrected chi connectivity index (χ4v) is 4.81. The molecule has 0 N–H and O–H groups in total. The maximum atomic E-state index is 14.9. The number of nitrogens with zero attached hydrogens (tertiary/aromatic N) is 2. The number of halogens is 1. The number of hydrogen-bond acceptors (Lipinski definition) is 7. The number of rotatable bonds is 7. The molecule has 2 unspecified atom stereocenters. The van der Waals surface area contributed by atoms with Crippen molar-refractivity contribution in [3.05, 3.63) is 59.4 Å². The van der Waals surface area contributed by atoms with Gasteiger partial charge in [0.15, 0.2) is 17.3 Å². The van der Waals surface area contributed by atoms with Gasteiger partial charge in [0.2, 0.25) is 12.6 Å². The Labute approximate surface area is 196 Å². The number of Topliss-reactive ketones (excluding diaryl/α,β-unsaturated/α-hetero) is 2. The van der Waals surface area contributed by atoms with Gasteiger partial charge in [0.05, 0.1) is 19.3 Å². The maximum Gasteiger partial charge on any atom is 0.291 e. The summed E-state index contributed by atoms with van der Waals surface area (Å²) in [5.41, 5.74) is 0.374. The van der Waals surface area contributed by atoms with Gasteiger partial charge in [-0.3, -0.25) is 19.3 Å². The van der Waals surface area contributed by atoms with E-state index in [2.05, 4.69) is 4.90 Å². The second-order valence-corrected chi connectivity index (χ2v) is 8.55. The first-order valence-electron chi connectivity index (χ1n) is 11.4. The molecule has 2 fully saturated rings. The van der Waals surface area contributed by atoms with Crippen molar-refractivity contribution in [2.24, 2.45) is 5.92 Å². The normalized spacial score (nSPS) is 22.4. The van der Waals surface area contributed by atoms with Gasteiger partial charge in [-0.05, 0) is 30.7 Å². The lowest BCUT2D eigenvalue weighted by Crippen LogP contribution is -2.39. The number of likely N-dealkylation sites (tertiary alicyclic amines) is 1. The Hall–Kier alpha value is -3.30. The van der Waals surface area contributed by atoms with Crippen LogP contribution >= 0.6 is 0 Å². The van der Waals surface area contributed by atoms with Crippen molar-refractivity contribution < 1.29 is 33.0 Å². The molecule has 1 amide bonds. The zero-order chi connectivity index (χ0) is 23.7. The summed E-state index contributed by atoms with van der Waals surface area (Å²) < 4.78 is 30.9. The standard InChI is InChI=1S/C25H25FN2O6/c26-18-5-2-1-4-17(18)22-21(23(29)16-6-7-19-20(14-16)34-15-33-19)24(30)25(31)28(22)9-3-8-27-10-12-32-13-11-27/h1-2,4-7,14,21-22H,3,8-13,15H2. The van der Waals surface area contributed by atoms with Crippen LogP contribution in [0.5, 0.6) is 11.5 Å². The largest absolute Gasteiger partial charge is 0.454 e. The molecular formula is C25H25FN2O6. The number of hydrogen-bond donors (Lipinski definition) is 0. The SMILES string of the molecule is O=C1C(=O)N(CCCN2CCOCC2)C(c2ccccc2F)C1C(=O)c1ccc2c(c1)OCO2. The van der Waals surface area contributed by atoms with Gasteiger partial charge in [0, 0.05) is 37.3 Å². The number of carbonyl (C=O) groups is 3. The molecule has 9 heteroatoms. The highest BCUT2D eigenvalue weighted by Gasteiger charge is 2.52. The molecule has 0 aliphatic carbocycles. The maximum absolute atomic E-state index is 14.9. The third-order valence-corrected chi connectivity index (χ3v) is 6.55. The fraction of sp³-hybridized carbons (Fsp3) is 0.400. The number of amides is 1. The van der Waals surface area contributed by atoms with Crippen LogP contribution in [-0.4, -0.2) is 73.5 Å². The van der Waals surface area contributed by atoms with Crippen LogP contribution in [0, 0.1) is 11.7 Å².